The highest BCUT2D eigenvalue weighted by atomic mass is 19.4. The van der Waals surface area contributed by atoms with Crippen molar-refractivity contribution >= 4 is 0 Å². The van der Waals surface area contributed by atoms with Crippen molar-refractivity contribution in [1.82, 2.24) is 0 Å². The molecular formula is C30H32F8O3. The lowest BCUT2D eigenvalue weighted by atomic mass is 9.80. The second kappa shape index (κ2) is 13.1. The monoisotopic (exact) mass is 592 g/mol. The van der Waals surface area contributed by atoms with Crippen LogP contribution >= 0.6 is 0 Å². The van der Waals surface area contributed by atoms with Gasteiger partial charge in [0.25, 0.3) is 0 Å². The van der Waals surface area contributed by atoms with E-state index in [1.807, 2.05) is 6.08 Å². The molecule has 0 bridgehead atoms. The van der Waals surface area contributed by atoms with Gasteiger partial charge in [0.1, 0.15) is 23.2 Å². The SMILES string of the molecule is C=CCCC1COC(C2CCC(C(F)(F)Oc3cc(F)c(CCc4ccc(C(F)(F)F)c(F)c4)c(F)c3)CC2)OC1. The van der Waals surface area contributed by atoms with Gasteiger partial charge in [0.15, 0.2) is 6.29 Å². The van der Waals surface area contributed by atoms with Gasteiger partial charge in [-0.3, -0.25) is 0 Å². The lowest BCUT2D eigenvalue weighted by molar-refractivity contribution is -0.247. The molecule has 1 aliphatic carbocycles. The molecule has 11 heteroatoms. The van der Waals surface area contributed by atoms with Crippen LogP contribution < -0.4 is 4.74 Å². The van der Waals surface area contributed by atoms with Crippen LogP contribution in [0, 0.1) is 35.2 Å². The minimum absolute atomic E-state index is 0.0327. The molecule has 1 saturated heterocycles. The molecule has 0 atom stereocenters. The zero-order valence-electron chi connectivity index (χ0n) is 22.3. The largest absolute Gasteiger partial charge is 0.432 e. The lowest BCUT2D eigenvalue weighted by Crippen LogP contribution is -2.42. The Kier molecular flexibility index (Phi) is 10.00. The van der Waals surface area contributed by atoms with E-state index in [1.165, 1.54) is 0 Å². The number of ether oxygens (including phenoxy) is 3. The molecule has 3 nitrogen and oxygen atoms in total. The molecule has 0 unspecified atom stereocenters. The van der Waals surface area contributed by atoms with Gasteiger partial charge < -0.3 is 14.2 Å². The number of hydrogen-bond donors (Lipinski definition) is 0. The number of hydrogen-bond acceptors (Lipinski definition) is 3. The van der Waals surface area contributed by atoms with Gasteiger partial charge in [-0.2, -0.15) is 22.0 Å². The molecule has 2 aromatic carbocycles. The van der Waals surface area contributed by atoms with Crippen LogP contribution in [0.2, 0.25) is 0 Å². The Morgan fingerprint density at radius 3 is 2.05 bits per heavy atom. The summed E-state index contributed by atoms with van der Waals surface area (Å²) in [5.41, 5.74) is -1.83. The van der Waals surface area contributed by atoms with Crippen LogP contribution in [-0.2, 0) is 28.5 Å². The molecular weight excluding hydrogens is 560 g/mol. The maximum absolute atomic E-state index is 15.0. The van der Waals surface area contributed by atoms with Crippen molar-refractivity contribution < 1.29 is 49.3 Å². The van der Waals surface area contributed by atoms with Crippen LogP contribution in [0.1, 0.15) is 55.2 Å². The first-order valence-electron chi connectivity index (χ1n) is 13.6. The van der Waals surface area contributed by atoms with Crippen molar-refractivity contribution in [3.63, 3.8) is 0 Å². The molecule has 2 aromatic rings. The quantitative estimate of drug-likeness (QED) is 0.204. The first-order chi connectivity index (χ1) is 19.4. The maximum atomic E-state index is 15.0. The number of alkyl halides is 5. The Balaban J connectivity index is 1.30. The van der Waals surface area contributed by atoms with Gasteiger partial charge in [0, 0.05) is 29.5 Å². The van der Waals surface area contributed by atoms with Crippen LogP contribution in [0.4, 0.5) is 35.1 Å². The maximum Gasteiger partial charge on any atom is 0.419 e. The van der Waals surface area contributed by atoms with Crippen LogP contribution in [-0.4, -0.2) is 25.6 Å². The van der Waals surface area contributed by atoms with Gasteiger partial charge in [-0.15, -0.1) is 6.58 Å². The molecule has 0 amide bonds. The average Bonchev–Trinajstić information content (AvgIpc) is 2.91. The second-order valence-corrected chi connectivity index (χ2v) is 10.7. The van der Waals surface area contributed by atoms with Crippen molar-refractivity contribution in [2.45, 2.75) is 69.9 Å². The summed E-state index contributed by atoms with van der Waals surface area (Å²) < 4.78 is 128. The van der Waals surface area contributed by atoms with Gasteiger partial charge >= 0.3 is 12.3 Å². The summed E-state index contributed by atoms with van der Waals surface area (Å²) in [5, 5.41) is 0. The number of benzene rings is 2. The molecule has 0 N–H and O–H groups in total. The molecule has 4 rings (SSSR count). The fraction of sp³-hybridized carbons (Fsp3) is 0.533. The number of aryl methyl sites for hydroxylation is 1. The van der Waals surface area contributed by atoms with Crippen LogP contribution in [0.15, 0.2) is 43.0 Å². The highest BCUT2D eigenvalue weighted by molar-refractivity contribution is 5.33. The highest BCUT2D eigenvalue weighted by Gasteiger charge is 2.46. The summed E-state index contributed by atoms with van der Waals surface area (Å²) in [6.07, 6.45) is -4.79. The van der Waals surface area contributed by atoms with E-state index in [1.54, 1.807) is 0 Å². The molecule has 2 aliphatic rings. The standard InChI is InChI=1S/C30H32F8O3/c1-2-3-4-19-16-39-28(40-17-19)20-7-9-21(10-8-20)30(37,38)41-22-14-25(31)23(26(32)15-22)11-5-18-6-12-24(27(33)13-18)29(34,35)36/h2,6,12-15,19-21,28H,1,3-5,7-11,16-17H2. The van der Waals surface area contributed by atoms with E-state index in [4.69, 9.17) is 14.2 Å². The van der Waals surface area contributed by atoms with Crippen LogP contribution in [0.25, 0.3) is 0 Å². The molecule has 1 aliphatic heterocycles. The summed E-state index contributed by atoms with van der Waals surface area (Å²) in [6.45, 7) is 4.80. The Hall–Kier alpha value is -2.66. The van der Waals surface area contributed by atoms with Crippen LogP contribution in [0.3, 0.4) is 0 Å². The zero-order chi connectivity index (χ0) is 29.8. The van der Waals surface area contributed by atoms with Crippen molar-refractivity contribution in [3.8, 4) is 5.75 Å². The van der Waals surface area contributed by atoms with Gasteiger partial charge in [-0.1, -0.05) is 12.1 Å². The third-order valence-electron chi connectivity index (χ3n) is 7.77. The van der Waals surface area contributed by atoms with Crippen LogP contribution in [0.5, 0.6) is 5.75 Å². The number of allylic oxidation sites excluding steroid dienone is 1. The fourth-order valence-electron chi connectivity index (χ4n) is 5.41. The summed E-state index contributed by atoms with van der Waals surface area (Å²) >= 11 is 0. The first-order valence-corrected chi connectivity index (χ1v) is 13.6. The molecule has 0 spiro atoms. The van der Waals surface area contributed by atoms with Crippen molar-refractivity contribution in [1.29, 1.82) is 0 Å². The average molecular weight is 593 g/mol. The Bertz CT molecular complexity index is 1160. The molecule has 41 heavy (non-hydrogen) atoms. The van der Waals surface area contributed by atoms with Gasteiger partial charge in [0.05, 0.1) is 24.7 Å². The van der Waals surface area contributed by atoms with E-state index in [0.717, 1.165) is 18.9 Å². The Morgan fingerprint density at radius 1 is 0.854 bits per heavy atom. The van der Waals surface area contributed by atoms with E-state index < -0.39 is 58.8 Å². The van der Waals surface area contributed by atoms with Gasteiger partial charge in [-0.25, -0.2) is 13.2 Å². The minimum Gasteiger partial charge on any atom is -0.432 e. The predicted molar refractivity (Wildman–Crippen MR) is 135 cm³/mol. The van der Waals surface area contributed by atoms with E-state index in [9.17, 15) is 35.1 Å². The normalized spacial score (nSPS) is 23.8. The third-order valence-corrected chi connectivity index (χ3v) is 7.77. The van der Waals surface area contributed by atoms with E-state index in [2.05, 4.69) is 6.58 Å². The first kappa shape index (κ1) is 31.3. The zero-order valence-corrected chi connectivity index (χ0v) is 22.3. The molecule has 226 valence electrons. The van der Waals surface area contributed by atoms with Crippen molar-refractivity contribution in [2.24, 2.45) is 17.8 Å². The fourth-order valence-corrected chi connectivity index (χ4v) is 5.41. The minimum atomic E-state index is -4.87. The number of halogens is 8. The predicted octanol–water partition coefficient (Wildman–Crippen LogP) is 8.64. The van der Waals surface area contributed by atoms with Crippen molar-refractivity contribution in [2.75, 3.05) is 13.2 Å². The molecule has 1 heterocycles. The summed E-state index contributed by atoms with van der Waals surface area (Å²) in [7, 11) is 0. The molecule has 1 saturated carbocycles. The molecule has 2 fully saturated rings. The van der Waals surface area contributed by atoms with E-state index >= 15 is 0 Å². The summed E-state index contributed by atoms with van der Waals surface area (Å²) in [5.74, 6) is -5.39. The topological polar surface area (TPSA) is 27.7 Å². The van der Waals surface area contributed by atoms with Crippen molar-refractivity contribution in [3.05, 3.63) is 77.1 Å². The third kappa shape index (κ3) is 8.00. The lowest BCUT2D eigenvalue weighted by Gasteiger charge is -2.39. The number of rotatable bonds is 10. The summed E-state index contributed by atoms with van der Waals surface area (Å²) in [4.78, 5) is 0. The molecule has 0 radical (unpaired) electrons. The second-order valence-electron chi connectivity index (χ2n) is 10.7. The van der Waals surface area contributed by atoms with Gasteiger partial charge in [0.2, 0.25) is 0 Å². The molecule has 0 aromatic heterocycles. The van der Waals surface area contributed by atoms with E-state index in [0.29, 0.717) is 50.3 Å². The highest BCUT2D eigenvalue weighted by Crippen LogP contribution is 2.42. The van der Waals surface area contributed by atoms with Gasteiger partial charge in [-0.05, 0) is 69.1 Å². The Labute approximate surface area is 233 Å². The Morgan fingerprint density at radius 2 is 1.49 bits per heavy atom. The smallest absolute Gasteiger partial charge is 0.419 e. The van der Waals surface area contributed by atoms with E-state index in [-0.39, 0.29) is 43.1 Å². The summed E-state index contributed by atoms with van der Waals surface area (Å²) in [6, 6.07) is 3.52.